The van der Waals surface area contributed by atoms with E-state index in [0.717, 1.165) is 25.7 Å². The van der Waals surface area contributed by atoms with Crippen molar-refractivity contribution in [3.05, 3.63) is 0 Å². The van der Waals surface area contributed by atoms with Gasteiger partial charge < -0.3 is 14.8 Å². The van der Waals surface area contributed by atoms with E-state index in [1.54, 1.807) is 0 Å². The van der Waals surface area contributed by atoms with Crippen molar-refractivity contribution < 1.29 is 19.1 Å². The quantitative estimate of drug-likeness (QED) is 0.728. The highest BCUT2D eigenvalue weighted by Crippen LogP contribution is 2.26. The molecule has 1 saturated carbocycles. The van der Waals surface area contributed by atoms with Crippen LogP contribution in [0.5, 0.6) is 0 Å². The van der Waals surface area contributed by atoms with Crippen molar-refractivity contribution in [2.75, 3.05) is 20.3 Å². The summed E-state index contributed by atoms with van der Waals surface area (Å²) in [5.74, 6) is -0.209. The second-order valence-corrected chi connectivity index (χ2v) is 4.26. The minimum absolute atomic E-state index is 0.00400. The number of likely N-dealkylation sites (N-methyl/N-ethyl adjacent to an activating group) is 1. The second kappa shape index (κ2) is 7.27. The molecule has 5 heteroatoms. The molecule has 0 aromatic heterocycles. The summed E-state index contributed by atoms with van der Waals surface area (Å²) in [5, 5.41) is 2.68. The summed E-state index contributed by atoms with van der Waals surface area (Å²) < 4.78 is 10.2. The fraction of sp³-hybridized carbons (Fsp3) is 0.833. The highest BCUT2D eigenvalue weighted by molar-refractivity contribution is 5.77. The first-order chi connectivity index (χ1) is 8.17. The van der Waals surface area contributed by atoms with Crippen LogP contribution in [-0.2, 0) is 19.1 Å². The first-order valence-corrected chi connectivity index (χ1v) is 6.13. The van der Waals surface area contributed by atoms with Crippen LogP contribution >= 0.6 is 0 Å². The molecule has 0 heterocycles. The minimum Gasteiger partial charge on any atom is -0.469 e. The third kappa shape index (κ3) is 4.73. The lowest BCUT2D eigenvalue weighted by Crippen LogP contribution is -2.32. The fourth-order valence-electron chi connectivity index (χ4n) is 2.07. The van der Waals surface area contributed by atoms with Crippen LogP contribution in [0, 0.1) is 5.92 Å². The molecule has 0 spiro atoms. The van der Waals surface area contributed by atoms with Crippen LogP contribution in [0.1, 0.15) is 32.6 Å². The van der Waals surface area contributed by atoms with E-state index < -0.39 is 0 Å². The van der Waals surface area contributed by atoms with E-state index >= 15 is 0 Å². The molecule has 1 amide bonds. The largest absolute Gasteiger partial charge is 0.469 e. The molecular weight excluding hydrogens is 222 g/mol. The Morgan fingerprint density at radius 2 is 1.88 bits per heavy atom. The maximum atomic E-state index is 11.3. The number of methoxy groups -OCH3 is 1. The molecule has 1 aliphatic rings. The monoisotopic (exact) mass is 243 g/mol. The number of ether oxygens (including phenoxy) is 2. The Labute approximate surface area is 102 Å². The smallest absolute Gasteiger partial charge is 0.308 e. The van der Waals surface area contributed by atoms with Crippen LogP contribution in [-0.4, -0.2) is 38.2 Å². The summed E-state index contributed by atoms with van der Waals surface area (Å²) in [6, 6.07) is 0. The third-order valence-electron chi connectivity index (χ3n) is 3.03. The molecule has 0 bridgehead atoms. The average Bonchev–Trinajstić information content (AvgIpc) is 2.36. The molecule has 1 aliphatic carbocycles. The lowest BCUT2D eigenvalue weighted by atomic mass is 9.87. The van der Waals surface area contributed by atoms with Gasteiger partial charge in [0.15, 0.2) is 0 Å². The zero-order chi connectivity index (χ0) is 12.7. The highest BCUT2D eigenvalue weighted by Gasteiger charge is 2.27. The number of nitrogens with one attached hydrogen (secondary N) is 1. The topological polar surface area (TPSA) is 64.6 Å². The van der Waals surface area contributed by atoms with Crippen molar-refractivity contribution in [2.24, 2.45) is 5.92 Å². The molecule has 0 aromatic carbocycles. The second-order valence-electron chi connectivity index (χ2n) is 4.26. The summed E-state index contributed by atoms with van der Waals surface area (Å²) in [6.45, 7) is 2.61. The van der Waals surface area contributed by atoms with Gasteiger partial charge in [0.05, 0.1) is 19.1 Å². The van der Waals surface area contributed by atoms with Crippen molar-refractivity contribution in [3.8, 4) is 0 Å². The van der Waals surface area contributed by atoms with Crippen molar-refractivity contribution in [1.82, 2.24) is 5.32 Å². The van der Waals surface area contributed by atoms with Gasteiger partial charge in [-0.2, -0.15) is 0 Å². The molecule has 1 N–H and O–H groups in total. The first-order valence-electron chi connectivity index (χ1n) is 6.13. The SMILES string of the molecule is CCNC(=O)COC1CCC(C(=O)OC)CC1. The van der Waals surface area contributed by atoms with Gasteiger partial charge in [0.1, 0.15) is 6.61 Å². The van der Waals surface area contributed by atoms with E-state index in [1.165, 1.54) is 7.11 Å². The predicted octanol–water partition coefficient (Wildman–Crippen LogP) is 0.871. The number of rotatable bonds is 5. The number of amides is 1. The van der Waals surface area contributed by atoms with E-state index in [0.29, 0.717) is 6.54 Å². The minimum atomic E-state index is -0.132. The van der Waals surface area contributed by atoms with Crippen LogP contribution in [0.4, 0.5) is 0 Å². The van der Waals surface area contributed by atoms with Crippen molar-refractivity contribution >= 4 is 11.9 Å². The lowest BCUT2D eigenvalue weighted by Gasteiger charge is -2.26. The zero-order valence-electron chi connectivity index (χ0n) is 10.5. The normalized spacial score (nSPS) is 24.1. The van der Waals surface area contributed by atoms with Crippen molar-refractivity contribution in [2.45, 2.75) is 38.7 Å². The Balaban J connectivity index is 2.19. The van der Waals surface area contributed by atoms with Gasteiger partial charge in [-0.15, -0.1) is 0 Å². The lowest BCUT2D eigenvalue weighted by molar-refractivity contribution is -0.148. The van der Waals surface area contributed by atoms with Gasteiger partial charge in [-0.1, -0.05) is 0 Å². The van der Waals surface area contributed by atoms with Gasteiger partial charge in [0.25, 0.3) is 0 Å². The van der Waals surface area contributed by atoms with Gasteiger partial charge in [-0.25, -0.2) is 0 Å². The standard InChI is InChI=1S/C12H21NO4/c1-3-13-11(14)8-17-10-6-4-9(5-7-10)12(15)16-2/h9-10H,3-8H2,1-2H3,(H,13,14). The molecule has 0 saturated heterocycles. The van der Waals surface area contributed by atoms with E-state index in [2.05, 4.69) is 5.32 Å². The molecule has 5 nitrogen and oxygen atoms in total. The Hall–Kier alpha value is -1.10. The number of esters is 1. The molecule has 0 radical (unpaired) electrons. The predicted molar refractivity (Wildman–Crippen MR) is 62.4 cm³/mol. The van der Waals surface area contributed by atoms with Crippen LogP contribution < -0.4 is 5.32 Å². The van der Waals surface area contributed by atoms with E-state index in [1.807, 2.05) is 6.92 Å². The summed E-state index contributed by atoms with van der Waals surface area (Å²) in [6.07, 6.45) is 3.30. The van der Waals surface area contributed by atoms with E-state index in [-0.39, 0.29) is 30.5 Å². The molecular formula is C12H21NO4. The van der Waals surface area contributed by atoms with E-state index in [9.17, 15) is 9.59 Å². The van der Waals surface area contributed by atoms with Gasteiger partial charge in [-0.3, -0.25) is 9.59 Å². The summed E-state index contributed by atoms with van der Waals surface area (Å²) in [5.41, 5.74) is 0. The molecule has 0 aliphatic heterocycles. The van der Waals surface area contributed by atoms with Crippen LogP contribution in [0.3, 0.4) is 0 Å². The van der Waals surface area contributed by atoms with Gasteiger partial charge in [0, 0.05) is 6.54 Å². The van der Waals surface area contributed by atoms with Gasteiger partial charge in [0.2, 0.25) is 5.91 Å². The molecule has 17 heavy (non-hydrogen) atoms. The molecule has 0 unspecified atom stereocenters. The highest BCUT2D eigenvalue weighted by atomic mass is 16.5. The van der Waals surface area contributed by atoms with E-state index in [4.69, 9.17) is 9.47 Å². The molecule has 1 fully saturated rings. The number of hydrogen-bond donors (Lipinski definition) is 1. The molecule has 0 atom stereocenters. The number of carbonyl (C=O) groups excluding carboxylic acids is 2. The maximum absolute atomic E-state index is 11.3. The fourth-order valence-corrected chi connectivity index (χ4v) is 2.07. The zero-order valence-corrected chi connectivity index (χ0v) is 10.5. The molecule has 0 aromatic rings. The summed E-state index contributed by atoms with van der Waals surface area (Å²) in [7, 11) is 1.42. The van der Waals surface area contributed by atoms with Crippen LogP contribution in [0.25, 0.3) is 0 Å². The molecule has 1 rings (SSSR count). The van der Waals surface area contributed by atoms with Crippen LogP contribution in [0.15, 0.2) is 0 Å². The maximum Gasteiger partial charge on any atom is 0.308 e. The van der Waals surface area contributed by atoms with Gasteiger partial charge >= 0.3 is 5.97 Å². The Kier molecular flexibility index (Phi) is 5.97. The van der Waals surface area contributed by atoms with Crippen molar-refractivity contribution in [1.29, 1.82) is 0 Å². The number of carbonyl (C=O) groups is 2. The van der Waals surface area contributed by atoms with Crippen molar-refractivity contribution in [3.63, 3.8) is 0 Å². The Bertz CT molecular complexity index is 259. The summed E-state index contributed by atoms with van der Waals surface area (Å²) in [4.78, 5) is 22.5. The number of hydrogen-bond acceptors (Lipinski definition) is 4. The first kappa shape index (κ1) is 14.0. The summed E-state index contributed by atoms with van der Waals surface area (Å²) >= 11 is 0. The van der Waals surface area contributed by atoms with Gasteiger partial charge in [-0.05, 0) is 32.6 Å². The average molecular weight is 243 g/mol. The third-order valence-corrected chi connectivity index (χ3v) is 3.03. The Morgan fingerprint density at radius 3 is 2.41 bits per heavy atom. The molecule has 98 valence electrons. The Morgan fingerprint density at radius 1 is 1.24 bits per heavy atom. The van der Waals surface area contributed by atoms with Crippen LogP contribution in [0.2, 0.25) is 0 Å².